The first kappa shape index (κ1) is 83.9. The van der Waals surface area contributed by atoms with Gasteiger partial charge in [0, 0.05) is 19.8 Å². The Hall–Kier alpha value is 0.660. The average molecular weight is 1140 g/mol. The van der Waals surface area contributed by atoms with Crippen molar-refractivity contribution in [1.82, 2.24) is 0 Å². The van der Waals surface area contributed by atoms with Crippen molar-refractivity contribution >= 4 is 11.9 Å². The van der Waals surface area contributed by atoms with Crippen LogP contribution < -0.4 is 69.3 Å². The summed E-state index contributed by atoms with van der Waals surface area (Å²) in [5, 5.41) is 22.8. The van der Waals surface area contributed by atoms with E-state index in [2.05, 4.69) is 20.8 Å². The van der Waals surface area contributed by atoms with Crippen molar-refractivity contribution in [3.05, 3.63) is 0 Å². The zero-order valence-corrected chi connectivity index (χ0v) is 57.2. The smallest absolute Gasteiger partial charge is 0.548 e. The number of ether oxygens (including phenoxy) is 7. The van der Waals surface area contributed by atoms with Crippen molar-refractivity contribution in [3.8, 4) is 0 Å². The molecular formula is C66H128Na2O11. The Morgan fingerprint density at radius 2 is 0.456 bits per heavy atom. The minimum atomic E-state index is -1.31. The van der Waals surface area contributed by atoms with Gasteiger partial charge in [-0.1, -0.05) is 310 Å². The van der Waals surface area contributed by atoms with E-state index in [0.29, 0.717) is 19.8 Å². The van der Waals surface area contributed by atoms with E-state index in [1.54, 1.807) is 0 Å². The number of carboxylic acid groups (broad SMARTS) is 2. The van der Waals surface area contributed by atoms with Crippen molar-refractivity contribution in [1.29, 1.82) is 0 Å². The second kappa shape index (κ2) is 72.9. The van der Waals surface area contributed by atoms with Gasteiger partial charge < -0.3 is 53.0 Å². The van der Waals surface area contributed by atoms with Crippen LogP contribution in [0.3, 0.4) is 0 Å². The fourth-order valence-corrected chi connectivity index (χ4v) is 10.1. The molecule has 2 atom stereocenters. The van der Waals surface area contributed by atoms with Crippen LogP contribution >= 0.6 is 0 Å². The number of carboxylic acids is 2. The minimum Gasteiger partial charge on any atom is -0.548 e. The zero-order valence-electron chi connectivity index (χ0n) is 53.2. The van der Waals surface area contributed by atoms with Gasteiger partial charge in [0.1, 0.15) is 12.2 Å². The summed E-state index contributed by atoms with van der Waals surface area (Å²) in [6.07, 6.45) is 60.4. The summed E-state index contributed by atoms with van der Waals surface area (Å²) in [5.74, 6) is -2.62. The number of aliphatic carboxylic acids is 2. The third-order valence-electron chi connectivity index (χ3n) is 15.1. The van der Waals surface area contributed by atoms with E-state index in [0.717, 1.165) is 38.5 Å². The fraction of sp³-hybridized carbons (Fsp3) is 0.970. The normalized spacial score (nSPS) is 12.6. The maximum atomic E-state index is 11.4. The zero-order chi connectivity index (χ0) is 55.8. The number of unbranched alkanes of at least 4 members (excludes halogenated alkanes) is 45. The Labute approximate surface area is 533 Å². The van der Waals surface area contributed by atoms with E-state index in [1.807, 2.05) is 0 Å². The quantitative estimate of drug-likeness (QED) is 0.0326. The molecule has 0 aliphatic heterocycles. The molecule has 11 nitrogen and oxygen atoms in total. The molecule has 0 aromatic rings. The van der Waals surface area contributed by atoms with Crippen molar-refractivity contribution < 1.29 is 112 Å². The molecule has 0 saturated heterocycles. The Bertz CT molecular complexity index is 1090. The summed E-state index contributed by atoms with van der Waals surface area (Å²) in [6, 6.07) is 0. The predicted molar refractivity (Wildman–Crippen MR) is 316 cm³/mol. The number of hydrogen-bond acceptors (Lipinski definition) is 11. The van der Waals surface area contributed by atoms with Gasteiger partial charge in [-0.2, -0.15) is 0 Å². The summed E-state index contributed by atoms with van der Waals surface area (Å²) in [6.45, 7) is 7.85. The average Bonchev–Trinajstić information content (AvgIpc) is 3.42. The van der Waals surface area contributed by atoms with Gasteiger partial charge in [-0.3, -0.25) is 0 Å². The third kappa shape index (κ3) is 71.1. The van der Waals surface area contributed by atoms with Gasteiger partial charge in [-0.05, 0) is 19.3 Å². The van der Waals surface area contributed by atoms with Gasteiger partial charge in [0.05, 0.1) is 58.2 Å². The van der Waals surface area contributed by atoms with E-state index in [4.69, 9.17) is 33.2 Å². The first-order valence-electron chi connectivity index (χ1n) is 33.5. The maximum Gasteiger partial charge on any atom is 1.00 e. The van der Waals surface area contributed by atoms with E-state index < -0.39 is 43.7 Å². The van der Waals surface area contributed by atoms with Crippen LogP contribution in [0.5, 0.6) is 0 Å². The third-order valence-corrected chi connectivity index (χ3v) is 15.1. The topological polar surface area (TPSA) is 145 Å². The summed E-state index contributed by atoms with van der Waals surface area (Å²) in [7, 11) is 0. The molecule has 0 aromatic heterocycles. The summed E-state index contributed by atoms with van der Waals surface area (Å²) in [4.78, 5) is 22.8. The number of rotatable bonds is 69. The van der Waals surface area contributed by atoms with Gasteiger partial charge >= 0.3 is 59.1 Å². The van der Waals surface area contributed by atoms with Crippen molar-refractivity contribution in [2.24, 2.45) is 0 Å². The van der Waals surface area contributed by atoms with Crippen LogP contribution in [0.2, 0.25) is 0 Å². The van der Waals surface area contributed by atoms with Gasteiger partial charge in [-0.25, -0.2) is 0 Å². The van der Waals surface area contributed by atoms with Crippen LogP contribution in [0.4, 0.5) is 0 Å². The van der Waals surface area contributed by atoms with Gasteiger partial charge in [0.15, 0.2) is 6.29 Å². The maximum absolute atomic E-state index is 11.4. The molecular weight excluding hydrogens is 1010 g/mol. The standard InChI is InChI=1S/C66H130O11.2Na/c1-4-7-10-13-16-19-22-25-28-31-34-37-40-43-46-49-52-71-55-62(74-59-64(67)68)57-76-66(61-73-54-51-48-45-42-39-36-33-30-27-24-21-18-15-12-9-6-3)77-58-63(75-60-65(69)70)56-72-53-50-47-44-41-38-35-32-29-26-23-20-17-14-11-8-5-2;;/h62-63,66H,4-61H2,1-3H3,(H,67,68)(H,69,70);;/q;2*+1/p-2. The molecule has 13 heteroatoms. The summed E-state index contributed by atoms with van der Waals surface area (Å²) < 4.78 is 41.7. The Kier molecular flexibility index (Phi) is 77.4. The van der Waals surface area contributed by atoms with Gasteiger partial charge in [-0.15, -0.1) is 0 Å². The minimum absolute atomic E-state index is 0. The second-order valence-electron chi connectivity index (χ2n) is 22.8. The Morgan fingerprint density at radius 3 is 0.658 bits per heavy atom. The molecule has 0 bridgehead atoms. The van der Waals surface area contributed by atoms with Crippen LogP contribution in [0.1, 0.15) is 329 Å². The summed E-state index contributed by atoms with van der Waals surface area (Å²) in [5.41, 5.74) is 0. The van der Waals surface area contributed by atoms with E-state index in [1.165, 1.54) is 270 Å². The molecule has 0 spiro atoms. The molecule has 0 N–H and O–H groups in total. The molecule has 79 heavy (non-hydrogen) atoms. The van der Waals surface area contributed by atoms with Gasteiger partial charge in [0.25, 0.3) is 0 Å². The fourth-order valence-electron chi connectivity index (χ4n) is 10.1. The van der Waals surface area contributed by atoms with Crippen molar-refractivity contribution in [3.63, 3.8) is 0 Å². The Morgan fingerprint density at radius 1 is 0.266 bits per heavy atom. The second-order valence-corrected chi connectivity index (χ2v) is 22.8. The van der Waals surface area contributed by atoms with Gasteiger partial charge in [0.2, 0.25) is 0 Å². The van der Waals surface area contributed by atoms with E-state index >= 15 is 0 Å². The number of carbonyl (C=O) groups is 2. The summed E-state index contributed by atoms with van der Waals surface area (Å²) >= 11 is 0. The van der Waals surface area contributed by atoms with Crippen molar-refractivity contribution in [2.45, 2.75) is 347 Å². The van der Waals surface area contributed by atoms with Crippen molar-refractivity contribution in [2.75, 3.05) is 66.1 Å². The predicted octanol–water partition coefficient (Wildman–Crippen LogP) is 10.5. The van der Waals surface area contributed by atoms with Crippen LogP contribution in [0.25, 0.3) is 0 Å². The molecule has 0 aliphatic rings. The molecule has 0 aromatic carbocycles. The Balaban J connectivity index is -0.0000289. The van der Waals surface area contributed by atoms with Crippen LogP contribution in [0.15, 0.2) is 0 Å². The molecule has 0 amide bonds. The molecule has 0 rings (SSSR count). The molecule has 0 aliphatic carbocycles. The first-order valence-corrected chi connectivity index (χ1v) is 33.5. The number of hydrogen-bond donors (Lipinski definition) is 0. The molecule has 460 valence electrons. The van der Waals surface area contributed by atoms with Crippen LogP contribution in [-0.4, -0.2) is 96.5 Å². The van der Waals surface area contributed by atoms with E-state index in [-0.39, 0.29) is 92.1 Å². The van der Waals surface area contributed by atoms with E-state index in [9.17, 15) is 19.8 Å². The molecule has 2 unspecified atom stereocenters. The monoisotopic (exact) mass is 1140 g/mol. The molecule has 0 saturated carbocycles. The SMILES string of the molecule is CCCCCCCCCCCCCCCCCCOCC(COC(COCCCCCCCCCCCCCCCCCC)OCC(COCCCCCCCCCCCCCCCCCC)OCC(=O)[O-])OCC(=O)[O-].[Na+].[Na+]. The number of carbonyl (C=O) groups excluding carboxylic acids is 2. The molecule has 0 fully saturated rings. The molecule has 0 heterocycles. The largest absolute Gasteiger partial charge is 1.00 e. The van der Waals surface area contributed by atoms with Crippen LogP contribution in [0, 0.1) is 0 Å². The molecule has 0 radical (unpaired) electrons. The first-order chi connectivity index (χ1) is 37.9. The van der Waals surface area contributed by atoms with Crippen LogP contribution in [-0.2, 0) is 42.7 Å².